The van der Waals surface area contributed by atoms with Gasteiger partial charge in [-0.15, -0.1) is 0 Å². The van der Waals surface area contributed by atoms with Gasteiger partial charge in [-0.2, -0.15) is 0 Å². The molecule has 124 valence electrons. The summed E-state index contributed by atoms with van der Waals surface area (Å²) in [7, 11) is 0. The number of hydrogen-bond donors (Lipinski definition) is 3. The van der Waals surface area contributed by atoms with E-state index in [4.69, 9.17) is 11.6 Å². The van der Waals surface area contributed by atoms with Gasteiger partial charge in [-0.05, 0) is 17.7 Å². The summed E-state index contributed by atoms with van der Waals surface area (Å²) in [5, 5.41) is 14.1. The zero-order valence-corrected chi connectivity index (χ0v) is 13.3. The molecule has 1 heterocycles. The molecular weight excluding hydrogens is 332 g/mol. The molecule has 0 bridgehead atoms. The molecule has 1 fully saturated rings. The predicted octanol–water partition coefficient (Wildman–Crippen LogP) is 2.54. The first kappa shape index (κ1) is 16.4. The summed E-state index contributed by atoms with van der Waals surface area (Å²) in [6.45, 7) is 0. The molecule has 24 heavy (non-hydrogen) atoms. The smallest absolute Gasteiger partial charge is 0.269 e. The number of hydrazine groups is 1. The molecule has 3 N–H and O–H groups in total. The molecule has 1 aliphatic heterocycles. The molecule has 1 amide bonds. The summed E-state index contributed by atoms with van der Waals surface area (Å²) in [6.07, 6.45) is 0.246. The van der Waals surface area contributed by atoms with Crippen LogP contribution >= 0.6 is 11.6 Å². The summed E-state index contributed by atoms with van der Waals surface area (Å²) < 4.78 is 0. The van der Waals surface area contributed by atoms with Gasteiger partial charge in [0.25, 0.3) is 11.6 Å². The Hall–Kier alpha value is -2.48. The molecule has 0 aromatic heterocycles. The van der Waals surface area contributed by atoms with Gasteiger partial charge in [-0.1, -0.05) is 35.9 Å². The molecule has 0 spiro atoms. The van der Waals surface area contributed by atoms with E-state index in [2.05, 4.69) is 16.2 Å². The van der Waals surface area contributed by atoms with Crippen molar-refractivity contribution in [3.63, 3.8) is 0 Å². The van der Waals surface area contributed by atoms with Crippen LogP contribution in [0.3, 0.4) is 0 Å². The molecule has 2 aromatic carbocycles. The van der Waals surface area contributed by atoms with E-state index in [1.807, 2.05) is 6.07 Å². The maximum Gasteiger partial charge on any atom is 0.269 e. The molecular formula is C16H15ClN4O3. The Bertz CT molecular complexity index is 783. The molecule has 1 saturated heterocycles. The minimum Gasteiger partial charge on any atom is -0.335 e. The van der Waals surface area contributed by atoms with Gasteiger partial charge in [0.05, 0.1) is 21.7 Å². The lowest BCUT2D eigenvalue weighted by molar-refractivity contribution is -0.384. The number of benzene rings is 2. The number of hydrogen-bond acceptors (Lipinski definition) is 5. The molecule has 2 atom stereocenters. The van der Waals surface area contributed by atoms with Crippen LogP contribution in [0.2, 0.25) is 5.02 Å². The molecule has 0 radical (unpaired) electrons. The average molecular weight is 347 g/mol. The first-order chi connectivity index (χ1) is 11.5. The molecule has 1 aliphatic rings. The molecule has 2 aromatic rings. The van der Waals surface area contributed by atoms with E-state index in [0.717, 1.165) is 5.56 Å². The van der Waals surface area contributed by atoms with Gasteiger partial charge in [-0.3, -0.25) is 14.9 Å². The van der Waals surface area contributed by atoms with E-state index in [0.29, 0.717) is 17.0 Å². The second kappa shape index (κ2) is 6.96. The number of carbonyl (C=O) groups excluding carboxylic acids is 1. The number of rotatable bonds is 4. The normalized spacial score (nSPS) is 19.9. The van der Waals surface area contributed by atoms with Crippen molar-refractivity contribution in [2.75, 3.05) is 0 Å². The van der Waals surface area contributed by atoms with Gasteiger partial charge in [-0.25, -0.2) is 10.9 Å². The van der Waals surface area contributed by atoms with Crippen molar-refractivity contribution < 1.29 is 9.72 Å². The van der Waals surface area contributed by atoms with E-state index in [9.17, 15) is 14.9 Å². The first-order valence-corrected chi connectivity index (χ1v) is 7.73. The topological polar surface area (TPSA) is 96.3 Å². The fourth-order valence-corrected chi connectivity index (χ4v) is 2.83. The van der Waals surface area contributed by atoms with Crippen LogP contribution in [0, 0.1) is 10.1 Å². The fourth-order valence-electron chi connectivity index (χ4n) is 2.61. The van der Waals surface area contributed by atoms with Crippen molar-refractivity contribution >= 4 is 23.2 Å². The Kier molecular flexibility index (Phi) is 4.75. The summed E-state index contributed by atoms with van der Waals surface area (Å²) in [4.78, 5) is 22.7. The standard InChI is InChI=1S/C16H15ClN4O3/c17-13-7-2-1-6-12(13)16(22)18-15-9-14(19-20-15)10-4-3-5-11(8-10)21(23)24/h1-8,14-15,19-20H,9H2,(H,18,22). The van der Waals surface area contributed by atoms with Crippen molar-refractivity contribution in [3.05, 3.63) is 74.8 Å². The third-order valence-electron chi connectivity index (χ3n) is 3.81. The number of halogens is 1. The van der Waals surface area contributed by atoms with Gasteiger partial charge in [0, 0.05) is 24.6 Å². The second-order valence-corrected chi connectivity index (χ2v) is 5.84. The molecule has 0 aliphatic carbocycles. The van der Waals surface area contributed by atoms with E-state index >= 15 is 0 Å². The number of nitrogens with one attached hydrogen (secondary N) is 3. The van der Waals surface area contributed by atoms with Gasteiger partial charge in [0.15, 0.2) is 0 Å². The number of nitrogens with zero attached hydrogens (tertiary/aromatic N) is 1. The number of nitro benzene ring substituents is 1. The third kappa shape index (κ3) is 3.53. The quantitative estimate of drug-likeness (QED) is 0.584. The maximum atomic E-state index is 12.3. The second-order valence-electron chi connectivity index (χ2n) is 5.43. The minimum atomic E-state index is -0.428. The van der Waals surface area contributed by atoms with Gasteiger partial charge in [0.1, 0.15) is 0 Å². The van der Waals surface area contributed by atoms with E-state index in [-0.39, 0.29) is 23.8 Å². The lowest BCUT2D eigenvalue weighted by Crippen LogP contribution is -2.44. The van der Waals surface area contributed by atoms with Crippen LogP contribution in [0.4, 0.5) is 5.69 Å². The predicted molar refractivity (Wildman–Crippen MR) is 89.4 cm³/mol. The monoisotopic (exact) mass is 346 g/mol. The van der Waals surface area contributed by atoms with E-state index in [1.165, 1.54) is 12.1 Å². The summed E-state index contributed by atoms with van der Waals surface area (Å²) >= 11 is 6.02. The lowest BCUT2D eigenvalue weighted by Gasteiger charge is -2.13. The van der Waals surface area contributed by atoms with Gasteiger partial charge in [0.2, 0.25) is 0 Å². The van der Waals surface area contributed by atoms with Crippen LogP contribution < -0.4 is 16.2 Å². The highest BCUT2D eigenvalue weighted by atomic mass is 35.5. The molecule has 3 rings (SSSR count). The maximum absolute atomic E-state index is 12.3. The van der Waals surface area contributed by atoms with E-state index in [1.54, 1.807) is 30.3 Å². The Morgan fingerprint density at radius 3 is 2.75 bits per heavy atom. The number of non-ortho nitro benzene ring substituents is 1. The van der Waals surface area contributed by atoms with Gasteiger partial charge < -0.3 is 5.32 Å². The molecule has 2 unspecified atom stereocenters. The largest absolute Gasteiger partial charge is 0.335 e. The average Bonchev–Trinajstić information content (AvgIpc) is 3.04. The van der Waals surface area contributed by atoms with Crippen molar-refractivity contribution in [1.82, 2.24) is 16.2 Å². The number of nitro groups is 1. The summed E-state index contributed by atoms with van der Waals surface area (Å²) in [5.74, 6) is -0.278. The van der Waals surface area contributed by atoms with Crippen LogP contribution in [-0.4, -0.2) is 17.0 Å². The minimum absolute atomic E-state index is 0.0397. The summed E-state index contributed by atoms with van der Waals surface area (Å²) in [6, 6.07) is 13.1. The Morgan fingerprint density at radius 1 is 1.21 bits per heavy atom. The SMILES string of the molecule is O=C(NC1CC(c2cccc([N+](=O)[O-])c2)NN1)c1ccccc1Cl. The zero-order valence-electron chi connectivity index (χ0n) is 12.5. The lowest BCUT2D eigenvalue weighted by atomic mass is 10.0. The fraction of sp³-hybridized carbons (Fsp3) is 0.188. The highest BCUT2D eigenvalue weighted by Crippen LogP contribution is 2.25. The van der Waals surface area contributed by atoms with Crippen molar-refractivity contribution in [2.45, 2.75) is 18.6 Å². The Labute approximate surface area is 143 Å². The molecule has 7 nitrogen and oxygen atoms in total. The van der Waals surface area contributed by atoms with Crippen LogP contribution in [0.25, 0.3) is 0 Å². The van der Waals surface area contributed by atoms with Crippen LogP contribution in [0.5, 0.6) is 0 Å². The Morgan fingerprint density at radius 2 is 2.00 bits per heavy atom. The van der Waals surface area contributed by atoms with Crippen molar-refractivity contribution in [1.29, 1.82) is 0 Å². The Balaban J connectivity index is 1.65. The number of amides is 1. The van der Waals surface area contributed by atoms with Crippen LogP contribution in [0.1, 0.15) is 28.4 Å². The van der Waals surface area contributed by atoms with Gasteiger partial charge >= 0.3 is 0 Å². The van der Waals surface area contributed by atoms with Crippen LogP contribution in [0.15, 0.2) is 48.5 Å². The first-order valence-electron chi connectivity index (χ1n) is 7.35. The zero-order chi connectivity index (χ0) is 17.1. The molecule has 0 saturated carbocycles. The van der Waals surface area contributed by atoms with Crippen molar-refractivity contribution in [2.24, 2.45) is 0 Å². The third-order valence-corrected chi connectivity index (χ3v) is 4.14. The van der Waals surface area contributed by atoms with Crippen molar-refractivity contribution in [3.8, 4) is 0 Å². The highest BCUT2D eigenvalue weighted by molar-refractivity contribution is 6.33. The highest BCUT2D eigenvalue weighted by Gasteiger charge is 2.27. The summed E-state index contributed by atoms with van der Waals surface area (Å²) in [5.41, 5.74) is 7.25. The van der Waals surface area contributed by atoms with E-state index < -0.39 is 4.92 Å². The number of carbonyl (C=O) groups is 1. The molecule has 8 heteroatoms. The van der Waals surface area contributed by atoms with Crippen LogP contribution in [-0.2, 0) is 0 Å².